The molecule has 10 heteroatoms. The molecule has 0 aliphatic rings. The second kappa shape index (κ2) is 8.74. The Kier molecular flexibility index (Phi) is 6.52. The molecule has 2 aromatic carbocycles. The highest BCUT2D eigenvalue weighted by Crippen LogP contribution is 2.45. The van der Waals surface area contributed by atoms with E-state index in [1.54, 1.807) is 6.07 Å². The molecule has 0 saturated heterocycles. The van der Waals surface area contributed by atoms with Crippen molar-refractivity contribution in [2.75, 3.05) is 0 Å². The predicted octanol–water partition coefficient (Wildman–Crippen LogP) is 5.40. The molecule has 3 aromatic rings. The summed E-state index contributed by atoms with van der Waals surface area (Å²) in [6.45, 7) is -1.74. The zero-order valence-electron chi connectivity index (χ0n) is 17.7. The molecule has 0 spiro atoms. The Morgan fingerprint density at radius 1 is 1.06 bits per heavy atom. The van der Waals surface area contributed by atoms with Crippen molar-refractivity contribution >= 4 is 10.9 Å². The number of nitrogens with zero attached hydrogens (tertiary/aromatic N) is 1. The third kappa shape index (κ3) is 5.16. The summed E-state index contributed by atoms with van der Waals surface area (Å²) in [5.74, 6) is -1.35. The van der Waals surface area contributed by atoms with Crippen LogP contribution in [0.2, 0.25) is 0 Å². The topological polar surface area (TPSA) is 51.5 Å². The molecule has 1 aromatic heterocycles. The van der Waals surface area contributed by atoms with Gasteiger partial charge in [0.05, 0.1) is 12.1 Å². The molecule has 0 bridgehead atoms. The van der Waals surface area contributed by atoms with Crippen molar-refractivity contribution in [3.63, 3.8) is 0 Å². The molecule has 1 heterocycles. The number of para-hydroxylation sites is 1. The van der Waals surface area contributed by atoms with E-state index in [0.29, 0.717) is 0 Å². The molecule has 0 saturated carbocycles. The van der Waals surface area contributed by atoms with Gasteiger partial charge in [0.1, 0.15) is 11.6 Å². The molecule has 0 fully saturated rings. The predicted molar refractivity (Wildman–Crippen MR) is 110 cm³/mol. The van der Waals surface area contributed by atoms with E-state index in [1.807, 2.05) is 0 Å². The fourth-order valence-corrected chi connectivity index (χ4v) is 3.98. The summed E-state index contributed by atoms with van der Waals surface area (Å²) in [5, 5.41) is 11.0. The Bertz CT molecular complexity index is 1200. The summed E-state index contributed by atoms with van der Waals surface area (Å²) in [5.41, 5.74) is -5.48. The van der Waals surface area contributed by atoms with Crippen LogP contribution in [0.15, 0.2) is 59.5 Å². The van der Waals surface area contributed by atoms with Crippen LogP contribution in [-0.4, -0.2) is 28.1 Å². The van der Waals surface area contributed by atoms with Crippen LogP contribution < -0.4 is 10.2 Å². The molecule has 33 heavy (non-hydrogen) atoms. The number of ether oxygens (including phenoxy) is 1. The van der Waals surface area contributed by atoms with E-state index < -0.39 is 53.8 Å². The van der Waals surface area contributed by atoms with Gasteiger partial charge in [-0.2, -0.15) is 22.0 Å². The van der Waals surface area contributed by atoms with Crippen molar-refractivity contribution in [3.8, 4) is 5.75 Å². The molecule has 0 radical (unpaired) electrons. The lowest BCUT2D eigenvalue weighted by Gasteiger charge is -2.39. The summed E-state index contributed by atoms with van der Waals surface area (Å²) in [6, 6.07) is 9.64. The van der Waals surface area contributed by atoms with Crippen LogP contribution in [0.3, 0.4) is 0 Å². The molecule has 4 nitrogen and oxygen atoms in total. The van der Waals surface area contributed by atoms with Gasteiger partial charge in [0.15, 0.2) is 11.0 Å². The van der Waals surface area contributed by atoms with E-state index in [2.05, 4.69) is 4.74 Å². The van der Waals surface area contributed by atoms with E-state index in [-0.39, 0.29) is 16.5 Å². The van der Waals surface area contributed by atoms with Crippen LogP contribution >= 0.6 is 0 Å². The maximum Gasteiger partial charge on any atom is 0.418 e. The van der Waals surface area contributed by atoms with Gasteiger partial charge in [-0.05, 0) is 42.2 Å². The Balaban J connectivity index is 2.07. The smallest absolute Gasteiger partial charge is 0.418 e. The first-order valence-corrected chi connectivity index (χ1v) is 9.86. The van der Waals surface area contributed by atoms with Gasteiger partial charge in [-0.1, -0.05) is 26.0 Å². The van der Waals surface area contributed by atoms with Crippen LogP contribution in [-0.2, 0) is 12.0 Å². The standard InChI is InChI=1S/C23H21F6NO3/c1-21(2,16-11-14(24)7-8-19(16)33-20(25)26)12-22(32,23(27,28)29)13-30-10-9-18(31)15-5-3-4-6-17(15)30/h3-11,20,32H,12-13H2,1-2H3. The number of benzene rings is 2. The quantitative estimate of drug-likeness (QED) is 0.468. The van der Waals surface area contributed by atoms with E-state index in [9.17, 15) is 36.2 Å². The number of aromatic nitrogens is 1. The maximum absolute atomic E-state index is 14.2. The largest absolute Gasteiger partial charge is 0.435 e. The van der Waals surface area contributed by atoms with Crippen molar-refractivity contribution in [1.29, 1.82) is 0 Å². The summed E-state index contributed by atoms with van der Waals surface area (Å²) in [7, 11) is 0. The van der Waals surface area contributed by atoms with Crippen molar-refractivity contribution in [2.45, 2.75) is 50.6 Å². The van der Waals surface area contributed by atoms with E-state index >= 15 is 0 Å². The lowest BCUT2D eigenvalue weighted by Crippen LogP contribution is -2.52. The van der Waals surface area contributed by atoms with Gasteiger partial charge in [-0.3, -0.25) is 4.79 Å². The van der Waals surface area contributed by atoms with Crippen LogP contribution in [0, 0.1) is 5.82 Å². The molecule has 0 amide bonds. The lowest BCUT2D eigenvalue weighted by atomic mass is 9.74. The van der Waals surface area contributed by atoms with Gasteiger partial charge in [-0.25, -0.2) is 4.39 Å². The van der Waals surface area contributed by atoms with Gasteiger partial charge in [0.25, 0.3) is 0 Å². The first-order valence-electron chi connectivity index (χ1n) is 9.86. The first-order chi connectivity index (χ1) is 15.2. The molecular weight excluding hydrogens is 452 g/mol. The van der Waals surface area contributed by atoms with Gasteiger partial charge in [-0.15, -0.1) is 0 Å². The summed E-state index contributed by atoms with van der Waals surface area (Å²) in [6.07, 6.45) is -5.01. The van der Waals surface area contributed by atoms with Gasteiger partial charge in [0.2, 0.25) is 0 Å². The second-order valence-corrected chi connectivity index (χ2v) is 8.43. The van der Waals surface area contributed by atoms with Crippen molar-refractivity contribution in [3.05, 3.63) is 76.3 Å². The number of aliphatic hydroxyl groups is 1. The van der Waals surface area contributed by atoms with Crippen LogP contribution in [0.1, 0.15) is 25.8 Å². The third-order valence-electron chi connectivity index (χ3n) is 5.47. The SMILES string of the molecule is CC(C)(CC(O)(Cn1ccc(=O)c2ccccc21)C(F)(F)F)c1cc(F)ccc1OC(F)F. The number of hydrogen-bond donors (Lipinski definition) is 1. The lowest BCUT2D eigenvalue weighted by molar-refractivity contribution is -0.271. The average Bonchev–Trinajstić information content (AvgIpc) is 2.70. The fraction of sp³-hybridized carbons (Fsp3) is 0.348. The molecule has 178 valence electrons. The summed E-state index contributed by atoms with van der Waals surface area (Å²) >= 11 is 0. The Morgan fingerprint density at radius 2 is 1.73 bits per heavy atom. The van der Waals surface area contributed by atoms with Crippen LogP contribution in [0.5, 0.6) is 5.75 Å². The van der Waals surface area contributed by atoms with E-state index in [0.717, 1.165) is 35.0 Å². The van der Waals surface area contributed by atoms with Crippen LogP contribution in [0.4, 0.5) is 26.3 Å². The number of rotatable bonds is 7. The van der Waals surface area contributed by atoms with Gasteiger partial charge < -0.3 is 14.4 Å². The number of hydrogen-bond acceptors (Lipinski definition) is 3. The third-order valence-corrected chi connectivity index (χ3v) is 5.47. The minimum absolute atomic E-state index is 0.168. The molecule has 0 aliphatic carbocycles. The highest BCUT2D eigenvalue weighted by atomic mass is 19.4. The molecule has 0 aliphatic heterocycles. The minimum atomic E-state index is -5.15. The monoisotopic (exact) mass is 473 g/mol. The Hall–Kier alpha value is -3.01. The van der Waals surface area contributed by atoms with Crippen molar-refractivity contribution < 1.29 is 36.2 Å². The first kappa shape index (κ1) is 24.6. The van der Waals surface area contributed by atoms with Crippen molar-refractivity contribution in [2.24, 2.45) is 0 Å². The fourth-order valence-electron chi connectivity index (χ4n) is 3.98. The van der Waals surface area contributed by atoms with Gasteiger partial charge in [0, 0.05) is 23.2 Å². The maximum atomic E-state index is 14.2. The molecule has 1 atom stereocenters. The Labute approximate surface area is 185 Å². The number of halogens is 6. The number of fused-ring (bicyclic) bond motifs is 1. The average molecular weight is 473 g/mol. The van der Waals surface area contributed by atoms with E-state index in [4.69, 9.17) is 0 Å². The molecular formula is C23H21F6NO3. The van der Waals surface area contributed by atoms with Crippen LogP contribution in [0.25, 0.3) is 10.9 Å². The van der Waals surface area contributed by atoms with Gasteiger partial charge >= 0.3 is 12.8 Å². The zero-order chi connectivity index (χ0) is 24.6. The molecule has 1 N–H and O–H groups in total. The highest BCUT2D eigenvalue weighted by Gasteiger charge is 2.56. The normalized spacial score (nSPS) is 14.5. The highest BCUT2D eigenvalue weighted by molar-refractivity contribution is 5.78. The molecule has 1 unspecified atom stereocenters. The summed E-state index contributed by atoms with van der Waals surface area (Å²) in [4.78, 5) is 12.1. The summed E-state index contributed by atoms with van der Waals surface area (Å²) < 4.78 is 87.4. The van der Waals surface area contributed by atoms with Crippen molar-refractivity contribution in [1.82, 2.24) is 4.57 Å². The second-order valence-electron chi connectivity index (χ2n) is 8.43. The number of alkyl halides is 5. The molecule has 3 rings (SSSR count). The minimum Gasteiger partial charge on any atom is -0.435 e. The number of pyridine rings is 1. The zero-order valence-corrected chi connectivity index (χ0v) is 17.7. The Morgan fingerprint density at radius 3 is 2.36 bits per heavy atom. The van der Waals surface area contributed by atoms with E-state index in [1.165, 1.54) is 32.0 Å².